The van der Waals surface area contributed by atoms with E-state index in [-0.39, 0.29) is 5.97 Å². The summed E-state index contributed by atoms with van der Waals surface area (Å²) in [6, 6.07) is 0. The molecule has 0 heterocycles. The van der Waals surface area contributed by atoms with E-state index < -0.39 is 6.29 Å². The average molecular weight is 162 g/mol. The zero-order chi connectivity index (χ0) is 8.69. The first kappa shape index (κ1) is 10.4. The average Bonchev–Trinajstić information content (AvgIpc) is 1.97. The molecule has 11 heavy (non-hydrogen) atoms. The second kappa shape index (κ2) is 6.12. The second-order valence-corrected chi connectivity index (χ2v) is 2.30. The Morgan fingerprint density at radius 2 is 2.09 bits per heavy atom. The monoisotopic (exact) mass is 162 g/mol. The van der Waals surface area contributed by atoms with Gasteiger partial charge >= 0.3 is 5.97 Å². The zero-order valence-electron chi connectivity index (χ0n) is 6.62. The summed E-state index contributed by atoms with van der Waals surface area (Å²) in [6.07, 6.45) is 0.685. The minimum Gasteiger partial charge on any atom is -0.469 e. The molecule has 0 atom stereocenters. The van der Waals surface area contributed by atoms with Crippen LogP contribution in [-0.4, -0.2) is 29.6 Å². The van der Waals surface area contributed by atoms with Gasteiger partial charge in [0.15, 0.2) is 6.29 Å². The molecular formula is C7H14O4. The van der Waals surface area contributed by atoms with E-state index in [1.807, 2.05) is 0 Å². The minimum absolute atomic E-state index is 0.252. The molecular weight excluding hydrogens is 148 g/mol. The van der Waals surface area contributed by atoms with Gasteiger partial charge in [-0.2, -0.15) is 0 Å². The second-order valence-electron chi connectivity index (χ2n) is 2.30. The van der Waals surface area contributed by atoms with Crippen LogP contribution in [0, 0.1) is 0 Å². The Kier molecular flexibility index (Phi) is 5.78. The molecule has 2 N–H and O–H groups in total. The number of aliphatic hydroxyl groups excluding tert-OH is 1. The molecule has 0 spiro atoms. The summed E-state index contributed by atoms with van der Waals surface area (Å²) in [6.45, 7) is 0. The van der Waals surface area contributed by atoms with E-state index in [0.717, 1.165) is 0 Å². The SMILES string of the molecule is COC(=O)CCCCC(O)O. The first-order valence-electron chi connectivity index (χ1n) is 3.59. The highest BCUT2D eigenvalue weighted by Crippen LogP contribution is 2.02. The predicted octanol–water partition coefficient (Wildman–Crippen LogP) is 0.0305. The summed E-state index contributed by atoms with van der Waals surface area (Å²) >= 11 is 0. The summed E-state index contributed by atoms with van der Waals surface area (Å²) in [5, 5.41) is 16.8. The molecule has 66 valence electrons. The van der Waals surface area contributed by atoms with Gasteiger partial charge < -0.3 is 14.9 Å². The molecule has 4 nitrogen and oxygen atoms in total. The van der Waals surface area contributed by atoms with Crippen LogP contribution >= 0.6 is 0 Å². The number of ether oxygens (including phenoxy) is 1. The molecule has 0 rings (SSSR count). The standard InChI is InChI=1S/C7H14O4/c1-11-7(10)5-3-2-4-6(8)9/h6,8-9H,2-5H2,1H3. The first-order chi connectivity index (χ1) is 5.16. The molecule has 0 unspecified atom stereocenters. The summed E-state index contributed by atoms with van der Waals surface area (Å²) in [7, 11) is 1.34. The number of esters is 1. The molecule has 0 fully saturated rings. The summed E-state index contributed by atoms with van der Waals surface area (Å²) in [4.78, 5) is 10.5. The van der Waals surface area contributed by atoms with Crippen molar-refractivity contribution in [1.29, 1.82) is 0 Å². The van der Waals surface area contributed by atoms with Gasteiger partial charge in [0, 0.05) is 6.42 Å². The Bertz CT molecular complexity index is 111. The highest BCUT2D eigenvalue weighted by molar-refractivity contribution is 5.68. The number of methoxy groups -OCH3 is 1. The van der Waals surface area contributed by atoms with Gasteiger partial charge in [0.25, 0.3) is 0 Å². The smallest absolute Gasteiger partial charge is 0.305 e. The number of rotatable bonds is 5. The number of carbonyl (C=O) groups is 1. The van der Waals surface area contributed by atoms with Crippen molar-refractivity contribution in [2.45, 2.75) is 32.0 Å². The Morgan fingerprint density at radius 1 is 1.45 bits per heavy atom. The normalized spacial score (nSPS) is 10.2. The topological polar surface area (TPSA) is 66.8 Å². The maximum atomic E-state index is 10.5. The van der Waals surface area contributed by atoms with Gasteiger partial charge in [0.1, 0.15) is 0 Å². The summed E-state index contributed by atoms with van der Waals surface area (Å²) in [5.74, 6) is -0.252. The van der Waals surface area contributed by atoms with E-state index in [1.54, 1.807) is 0 Å². The lowest BCUT2D eigenvalue weighted by Gasteiger charge is -2.01. The number of unbranched alkanes of at least 4 members (excludes halogenated alkanes) is 1. The first-order valence-corrected chi connectivity index (χ1v) is 3.59. The number of carbonyl (C=O) groups excluding carboxylic acids is 1. The van der Waals surface area contributed by atoms with Gasteiger partial charge in [-0.25, -0.2) is 0 Å². The van der Waals surface area contributed by atoms with Gasteiger partial charge in [0.05, 0.1) is 7.11 Å². The van der Waals surface area contributed by atoms with Crippen LogP contribution in [0.15, 0.2) is 0 Å². The molecule has 0 saturated heterocycles. The predicted molar refractivity (Wildman–Crippen MR) is 38.7 cm³/mol. The molecule has 0 aromatic rings. The Morgan fingerprint density at radius 3 is 2.55 bits per heavy atom. The molecule has 0 aliphatic rings. The molecule has 0 saturated carbocycles. The van der Waals surface area contributed by atoms with Crippen molar-refractivity contribution >= 4 is 5.97 Å². The van der Waals surface area contributed by atoms with Crippen molar-refractivity contribution in [2.75, 3.05) is 7.11 Å². The summed E-state index contributed by atoms with van der Waals surface area (Å²) in [5.41, 5.74) is 0. The lowest BCUT2D eigenvalue weighted by Crippen LogP contribution is -2.04. The zero-order valence-corrected chi connectivity index (χ0v) is 6.62. The molecule has 0 amide bonds. The van der Waals surface area contributed by atoms with Crippen molar-refractivity contribution in [2.24, 2.45) is 0 Å². The third-order valence-electron chi connectivity index (χ3n) is 1.32. The maximum absolute atomic E-state index is 10.5. The van der Waals surface area contributed by atoms with Crippen molar-refractivity contribution in [3.05, 3.63) is 0 Å². The quantitative estimate of drug-likeness (QED) is 0.340. The Balaban J connectivity index is 3.08. The van der Waals surface area contributed by atoms with Crippen molar-refractivity contribution in [3.63, 3.8) is 0 Å². The maximum Gasteiger partial charge on any atom is 0.305 e. The van der Waals surface area contributed by atoms with Crippen LogP contribution in [0.5, 0.6) is 0 Å². The number of hydrogen-bond donors (Lipinski definition) is 2. The molecule has 0 aliphatic carbocycles. The van der Waals surface area contributed by atoms with Crippen LogP contribution in [0.2, 0.25) is 0 Å². The van der Waals surface area contributed by atoms with Gasteiger partial charge in [0.2, 0.25) is 0 Å². The fourth-order valence-corrected chi connectivity index (χ4v) is 0.698. The third kappa shape index (κ3) is 7.29. The fraction of sp³-hybridized carbons (Fsp3) is 0.857. The molecule has 0 radical (unpaired) electrons. The highest BCUT2D eigenvalue weighted by atomic mass is 16.5. The number of hydrogen-bond acceptors (Lipinski definition) is 4. The molecule has 4 heteroatoms. The van der Waals surface area contributed by atoms with Gasteiger partial charge in [-0.1, -0.05) is 0 Å². The molecule has 0 bridgehead atoms. The van der Waals surface area contributed by atoms with E-state index in [1.165, 1.54) is 7.11 Å². The fourth-order valence-electron chi connectivity index (χ4n) is 0.698. The van der Waals surface area contributed by atoms with Crippen molar-refractivity contribution in [1.82, 2.24) is 0 Å². The van der Waals surface area contributed by atoms with E-state index >= 15 is 0 Å². The molecule has 0 aliphatic heterocycles. The molecule has 0 aromatic heterocycles. The van der Waals surface area contributed by atoms with E-state index in [4.69, 9.17) is 10.2 Å². The van der Waals surface area contributed by atoms with Gasteiger partial charge in [-0.15, -0.1) is 0 Å². The van der Waals surface area contributed by atoms with Gasteiger partial charge in [-0.3, -0.25) is 4.79 Å². The van der Waals surface area contributed by atoms with E-state index in [2.05, 4.69) is 4.74 Å². The largest absolute Gasteiger partial charge is 0.469 e. The van der Waals surface area contributed by atoms with Crippen LogP contribution in [0.3, 0.4) is 0 Å². The highest BCUT2D eigenvalue weighted by Gasteiger charge is 2.01. The Labute approximate surface area is 65.8 Å². The van der Waals surface area contributed by atoms with E-state index in [9.17, 15) is 4.79 Å². The lowest BCUT2D eigenvalue weighted by molar-refractivity contribution is -0.140. The van der Waals surface area contributed by atoms with E-state index in [0.29, 0.717) is 25.7 Å². The van der Waals surface area contributed by atoms with Crippen LogP contribution in [0.4, 0.5) is 0 Å². The minimum atomic E-state index is -1.26. The Hall–Kier alpha value is -0.610. The van der Waals surface area contributed by atoms with Crippen LogP contribution in [0.1, 0.15) is 25.7 Å². The summed E-state index contributed by atoms with van der Waals surface area (Å²) < 4.78 is 4.39. The van der Waals surface area contributed by atoms with Crippen molar-refractivity contribution < 1.29 is 19.7 Å². The third-order valence-corrected chi connectivity index (χ3v) is 1.32. The van der Waals surface area contributed by atoms with Crippen LogP contribution in [0.25, 0.3) is 0 Å². The lowest BCUT2D eigenvalue weighted by atomic mass is 10.2. The van der Waals surface area contributed by atoms with Crippen molar-refractivity contribution in [3.8, 4) is 0 Å². The molecule has 0 aromatic carbocycles. The number of aliphatic hydroxyl groups is 2. The van der Waals surface area contributed by atoms with Crippen LogP contribution in [-0.2, 0) is 9.53 Å². The van der Waals surface area contributed by atoms with Crippen LogP contribution < -0.4 is 0 Å². The van der Waals surface area contributed by atoms with Gasteiger partial charge in [-0.05, 0) is 19.3 Å².